The molecule has 1 aromatic carbocycles. The van der Waals surface area contributed by atoms with Crippen LogP contribution in [0.5, 0.6) is 11.5 Å². The maximum absolute atomic E-state index is 12.2. The van der Waals surface area contributed by atoms with E-state index < -0.39 is 0 Å². The van der Waals surface area contributed by atoms with Crippen molar-refractivity contribution in [2.24, 2.45) is 5.92 Å². The van der Waals surface area contributed by atoms with E-state index in [0.717, 1.165) is 5.69 Å². The zero-order valence-corrected chi connectivity index (χ0v) is 13.2. The quantitative estimate of drug-likeness (QED) is 0.835. The summed E-state index contributed by atoms with van der Waals surface area (Å²) in [6, 6.07) is 5.40. The van der Waals surface area contributed by atoms with Crippen LogP contribution in [-0.2, 0) is 9.59 Å². The molecular weight excluding hydrogens is 290 g/mol. The van der Waals surface area contributed by atoms with Crippen LogP contribution in [0.2, 0.25) is 0 Å². The van der Waals surface area contributed by atoms with Gasteiger partial charge in [-0.1, -0.05) is 11.8 Å². The minimum absolute atomic E-state index is 0.0626. The molecule has 1 amide bonds. The molecule has 0 bridgehead atoms. The van der Waals surface area contributed by atoms with Crippen LogP contribution in [0, 0.1) is 5.92 Å². The fourth-order valence-corrected chi connectivity index (χ4v) is 3.06. The second-order valence-corrected chi connectivity index (χ2v) is 6.11. The summed E-state index contributed by atoms with van der Waals surface area (Å²) in [5, 5.41) is 0.0860. The van der Waals surface area contributed by atoms with Crippen LogP contribution in [-0.4, -0.2) is 37.5 Å². The van der Waals surface area contributed by atoms with Crippen LogP contribution in [0.25, 0.3) is 0 Å². The lowest BCUT2D eigenvalue weighted by molar-refractivity contribution is -0.117. The molecule has 1 fully saturated rings. The molecule has 0 spiro atoms. The molecule has 1 aromatic rings. The molecule has 1 heterocycles. The molecule has 0 saturated carbocycles. The van der Waals surface area contributed by atoms with E-state index in [1.807, 2.05) is 12.1 Å². The van der Waals surface area contributed by atoms with E-state index >= 15 is 0 Å². The Morgan fingerprint density at radius 3 is 2.76 bits per heavy atom. The number of rotatable bonds is 5. The second-order valence-electron chi connectivity index (χ2n) is 4.91. The lowest BCUT2D eigenvalue weighted by atomic mass is 10.1. The first kappa shape index (κ1) is 15.7. The van der Waals surface area contributed by atoms with Crippen molar-refractivity contribution in [1.82, 2.24) is 0 Å². The van der Waals surface area contributed by atoms with Gasteiger partial charge < -0.3 is 14.4 Å². The molecule has 1 saturated heterocycles. The van der Waals surface area contributed by atoms with Gasteiger partial charge in [-0.25, -0.2) is 0 Å². The topological polar surface area (TPSA) is 55.8 Å². The molecule has 0 radical (unpaired) electrons. The van der Waals surface area contributed by atoms with Gasteiger partial charge in [-0.15, -0.1) is 0 Å². The van der Waals surface area contributed by atoms with E-state index in [9.17, 15) is 9.59 Å². The van der Waals surface area contributed by atoms with Crippen molar-refractivity contribution < 1.29 is 19.1 Å². The van der Waals surface area contributed by atoms with Crippen molar-refractivity contribution in [3.05, 3.63) is 18.2 Å². The smallest absolute Gasteiger partial charge is 0.227 e. The van der Waals surface area contributed by atoms with Crippen molar-refractivity contribution in [3.8, 4) is 11.5 Å². The highest BCUT2D eigenvalue weighted by Crippen LogP contribution is 2.36. The predicted molar refractivity (Wildman–Crippen MR) is 83.1 cm³/mol. The summed E-state index contributed by atoms with van der Waals surface area (Å²) in [4.78, 5) is 25.0. The number of hydrogen-bond acceptors (Lipinski definition) is 5. The average Bonchev–Trinajstić information content (AvgIpc) is 2.85. The van der Waals surface area contributed by atoms with Crippen molar-refractivity contribution in [1.29, 1.82) is 0 Å². The summed E-state index contributed by atoms with van der Waals surface area (Å²) in [6.45, 7) is 2.16. The fraction of sp³-hybridized carbons (Fsp3) is 0.467. The Balaban J connectivity index is 2.14. The Morgan fingerprint density at radius 1 is 1.38 bits per heavy atom. The van der Waals surface area contributed by atoms with Gasteiger partial charge in [0.05, 0.1) is 19.9 Å². The van der Waals surface area contributed by atoms with Crippen molar-refractivity contribution in [2.45, 2.75) is 13.3 Å². The summed E-state index contributed by atoms with van der Waals surface area (Å²) in [5.41, 5.74) is 0.749. The molecule has 5 nitrogen and oxygen atoms in total. The highest BCUT2D eigenvalue weighted by atomic mass is 32.2. The molecule has 21 heavy (non-hydrogen) atoms. The van der Waals surface area contributed by atoms with E-state index in [4.69, 9.17) is 9.47 Å². The third-order valence-corrected chi connectivity index (χ3v) is 4.45. The van der Waals surface area contributed by atoms with Crippen LogP contribution in [0.3, 0.4) is 0 Å². The van der Waals surface area contributed by atoms with Crippen LogP contribution in [0.15, 0.2) is 18.2 Å². The summed E-state index contributed by atoms with van der Waals surface area (Å²) in [7, 11) is 3.16. The summed E-state index contributed by atoms with van der Waals surface area (Å²) in [6.07, 6.45) is 0.468. The molecular formula is C15H19NO4S. The number of nitrogens with zero attached hydrogens (tertiary/aromatic N) is 1. The molecule has 114 valence electrons. The molecule has 1 atom stereocenters. The SMILES string of the molecule is COc1ccc(N2CC(CSC(C)=O)CC2=O)c(OC)c1. The van der Waals surface area contributed by atoms with E-state index in [2.05, 4.69) is 0 Å². The zero-order chi connectivity index (χ0) is 15.4. The number of thioether (sulfide) groups is 1. The normalized spacial score (nSPS) is 18.0. The molecule has 0 aliphatic carbocycles. The number of hydrogen-bond donors (Lipinski definition) is 0. The maximum Gasteiger partial charge on any atom is 0.227 e. The number of amides is 1. The molecule has 1 aliphatic heterocycles. The number of carbonyl (C=O) groups excluding carboxylic acids is 2. The predicted octanol–water partition coefficient (Wildman–Crippen LogP) is 2.34. The first-order chi connectivity index (χ1) is 10.0. The number of ether oxygens (including phenoxy) is 2. The number of carbonyl (C=O) groups is 2. The first-order valence-electron chi connectivity index (χ1n) is 6.71. The van der Waals surface area contributed by atoms with Crippen LogP contribution >= 0.6 is 11.8 Å². The average molecular weight is 309 g/mol. The number of benzene rings is 1. The summed E-state index contributed by atoms with van der Waals surface area (Å²) in [5.74, 6) is 2.23. The Morgan fingerprint density at radius 2 is 2.14 bits per heavy atom. The third kappa shape index (κ3) is 3.69. The van der Waals surface area contributed by atoms with E-state index in [-0.39, 0.29) is 16.9 Å². The molecule has 6 heteroatoms. The van der Waals surface area contributed by atoms with Crippen LogP contribution in [0.4, 0.5) is 5.69 Å². The fourth-order valence-electron chi connectivity index (χ4n) is 2.37. The molecule has 2 rings (SSSR count). The Bertz CT molecular complexity index is 546. The van der Waals surface area contributed by atoms with Crippen LogP contribution in [0.1, 0.15) is 13.3 Å². The van der Waals surface area contributed by atoms with Crippen LogP contribution < -0.4 is 14.4 Å². The zero-order valence-electron chi connectivity index (χ0n) is 12.4. The molecule has 0 N–H and O–H groups in total. The highest BCUT2D eigenvalue weighted by Gasteiger charge is 2.32. The van der Waals surface area contributed by atoms with Gasteiger partial charge in [0.15, 0.2) is 5.12 Å². The van der Waals surface area contributed by atoms with E-state index in [1.165, 1.54) is 11.8 Å². The number of anilines is 1. The Hall–Kier alpha value is -1.69. The lowest BCUT2D eigenvalue weighted by Crippen LogP contribution is -2.25. The molecule has 0 aromatic heterocycles. The Labute approximate surface area is 128 Å². The number of methoxy groups -OCH3 is 2. The standard InChI is InChI=1S/C15H19NO4S/c1-10(17)21-9-11-6-15(18)16(8-11)13-5-4-12(19-2)7-14(13)20-3/h4-5,7,11H,6,8-9H2,1-3H3. The van der Waals surface area contributed by atoms with Gasteiger partial charge in [0, 0.05) is 31.7 Å². The van der Waals surface area contributed by atoms with Gasteiger partial charge in [0.1, 0.15) is 11.5 Å². The third-order valence-electron chi connectivity index (χ3n) is 3.41. The maximum atomic E-state index is 12.2. The minimum Gasteiger partial charge on any atom is -0.497 e. The van der Waals surface area contributed by atoms with Gasteiger partial charge >= 0.3 is 0 Å². The van der Waals surface area contributed by atoms with Gasteiger partial charge in [-0.2, -0.15) is 0 Å². The molecule has 1 aliphatic rings. The summed E-state index contributed by atoms with van der Waals surface area (Å²) >= 11 is 1.27. The highest BCUT2D eigenvalue weighted by molar-refractivity contribution is 8.13. The summed E-state index contributed by atoms with van der Waals surface area (Å²) < 4.78 is 10.5. The van der Waals surface area contributed by atoms with Gasteiger partial charge in [0.25, 0.3) is 0 Å². The first-order valence-corrected chi connectivity index (χ1v) is 7.69. The van der Waals surface area contributed by atoms with Gasteiger partial charge in [0.2, 0.25) is 5.91 Å². The monoisotopic (exact) mass is 309 g/mol. The largest absolute Gasteiger partial charge is 0.497 e. The Kier molecular flexibility index (Phi) is 5.12. The van der Waals surface area contributed by atoms with Gasteiger partial charge in [-0.3, -0.25) is 9.59 Å². The van der Waals surface area contributed by atoms with Crippen molar-refractivity contribution >= 4 is 28.5 Å². The van der Waals surface area contributed by atoms with Gasteiger partial charge in [-0.05, 0) is 18.1 Å². The lowest BCUT2D eigenvalue weighted by Gasteiger charge is -2.20. The van der Waals surface area contributed by atoms with E-state index in [0.29, 0.717) is 30.2 Å². The van der Waals surface area contributed by atoms with Crippen molar-refractivity contribution in [3.63, 3.8) is 0 Å². The molecule has 1 unspecified atom stereocenters. The van der Waals surface area contributed by atoms with Crippen molar-refractivity contribution in [2.75, 3.05) is 31.4 Å². The van der Waals surface area contributed by atoms with E-state index in [1.54, 1.807) is 32.1 Å². The minimum atomic E-state index is 0.0626. The second kappa shape index (κ2) is 6.85.